The molecule has 2 N–H and O–H groups in total. The third-order valence-electron chi connectivity index (χ3n) is 3.65. The maximum atomic E-state index is 11.9. The van der Waals surface area contributed by atoms with Crippen LogP contribution in [0.25, 0.3) is 0 Å². The SMILES string of the molecule is CCCCCCCC[C@H](NC(=O)[C@@H](O)CC(C)C)C(=O)OC. The molecule has 0 aromatic heterocycles. The molecule has 0 unspecified atom stereocenters. The van der Waals surface area contributed by atoms with Gasteiger partial charge >= 0.3 is 5.97 Å². The fraction of sp³-hybridized carbons (Fsp3) is 0.882. The molecular formula is C17H33NO4. The monoisotopic (exact) mass is 315 g/mol. The molecule has 0 radical (unpaired) electrons. The molecule has 5 nitrogen and oxygen atoms in total. The number of hydrogen-bond acceptors (Lipinski definition) is 4. The van der Waals surface area contributed by atoms with Gasteiger partial charge < -0.3 is 15.2 Å². The zero-order valence-corrected chi connectivity index (χ0v) is 14.6. The lowest BCUT2D eigenvalue weighted by Gasteiger charge is -2.19. The van der Waals surface area contributed by atoms with Gasteiger partial charge in [0.05, 0.1) is 7.11 Å². The van der Waals surface area contributed by atoms with E-state index in [2.05, 4.69) is 12.2 Å². The van der Waals surface area contributed by atoms with E-state index >= 15 is 0 Å². The van der Waals surface area contributed by atoms with Gasteiger partial charge in [-0.2, -0.15) is 0 Å². The molecule has 0 aromatic rings. The second-order valence-corrected chi connectivity index (χ2v) is 6.29. The Morgan fingerprint density at radius 2 is 1.68 bits per heavy atom. The Labute approximate surface area is 134 Å². The number of rotatable bonds is 12. The maximum absolute atomic E-state index is 11.9. The van der Waals surface area contributed by atoms with Gasteiger partial charge in [-0.25, -0.2) is 4.79 Å². The van der Waals surface area contributed by atoms with Crippen LogP contribution in [0.3, 0.4) is 0 Å². The number of aliphatic hydroxyl groups is 1. The van der Waals surface area contributed by atoms with Crippen LogP contribution in [0.5, 0.6) is 0 Å². The van der Waals surface area contributed by atoms with Crippen molar-refractivity contribution in [2.45, 2.75) is 84.3 Å². The molecular weight excluding hydrogens is 282 g/mol. The number of unbranched alkanes of at least 4 members (excludes halogenated alkanes) is 5. The molecule has 0 rings (SSSR count). The standard InChI is InChI=1S/C17H33NO4/c1-5-6-7-8-9-10-11-14(17(21)22-4)18-16(20)15(19)12-13(2)3/h13-15,19H,5-12H2,1-4H3,(H,18,20)/t14-,15-/m0/s1. The Morgan fingerprint density at radius 3 is 2.23 bits per heavy atom. The highest BCUT2D eigenvalue weighted by molar-refractivity contribution is 5.86. The van der Waals surface area contributed by atoms with Gasteiger partial charge in [0.25, 0.3) is 0 Å². The molecule has 0 aliphatic heterocycles. The lowest BCUT2D eigenvalue weighted by molar-refractivity contribution is -0.146. The van der Waals surface area contributed by atoms with Gasteiger partial charge in [0.2, 0.25) is 5.91 Å². The summed E-state index contributed by atoms with van der Waals surface area (Å²) in [4.78, 5) is 23.7. The molecule has 5 heteroatoms. The molecule has 0 saturated carbocycles. The first kappa shape index (κ1) is 20.9. The molecule has 0 aromatic carbocycles. The smallest absolute Gasteiger partial charge is 0.328 e. The Morgan fingerprint density at radius 1 is 1.09 bits per heavy atom. The van der Waals surface area contributed by atoms with E-state index < -0.39 is 24.0 Å². The zero-order chi connectivity index (χ0) is 17.0. The highest BCUT2D eigenvalue weighted by Gasteiger charge is 2.24. The number of ether oxygens (including phenoxy) is 1. The van der Waals surface area contributed by atoms with E-state index in [1.54, 1.807) is 0 Å². The third kappa shape index (κ3) is 9.77. The summed E-state index contributed by atoms with van der Waals surface area (Å²) in [6.07, 6.45) is 6.56. The van der Waals surface area contributed by atoms with Crippen molar-refractivity contribution in [2.24, 2.45) is 5.92 Å². The summed E-state index contributed by atoms with van der Waals surface area (Å²) in [5, 5.41) is 12.4. The molecule has 0 spiro atoms. The van der Waals surface area contributed by atoms with Gasteiger partial charge in [-0.3, -0.25) is 4.79 Å². The number of carbonyl (C=O) groups excluding carboxylic acids is 2. The van der Waals surface area contributed by atoms with E-state index in [1.165, 1.54) is 26.4 Å². The van der Waals surface area contributed by atoms with E-state index in [4.69, 9.17) is 4.74 Å². The van der Waals surface area contributed by atoms with Crippen molar-refractivity contribution in [1.29, 1.82) is 0 Å². The normalized spacial score (nSPS) is 13.7. The average molecular weight is 315 g/mol. The van der Waals surface area contributed by atoms with Gasteiger partial charge in [-0.1, -0.05) is 59.3 Å². The van der Waals surface area contributed by atoms with Crippen LogP contribution < -0.4 is 5.32 Å². The third-order valence-corrected chi connectivity index (χ3v) is 3.65. The predicted molar refractivity (Wildman–Crippen MR) is 87.4 cm³/mol. The second kappa shape index (κ2) is 12.4. The number of methoxy groups -OCH3 is 1. The molecule has 0 fully saturated rings. The molecule has 0 aliphatic rings. The first-order chi connectivity index (χ1) is 10.4. The minimum atomic E-state index is -1.07. The van der Waals surface area contributed by atoms with Crippen LogP contribution in [0.15, 0.2) is 0 Å². The van der Waals surface area contributed by atoms with Crippen molar-refractivity contribution >= 4 is 11.9 Å². The minimum Gasteiger partial charge on any atom is -0.467 e. The Balaban J connectivity index is 4.23. The zero-order valence-electron chi connectivity index (χ0n) is 14.6. The number of hydrogen-bond donors (Lipinski definition) is 2. The van der Waals surface area contributed by atoms with Gasteiger partial charge in [0.1, 0.15) is 12.1 Å². The highest BCUT2D eigenvalue weighted by Crippen LogP contribution is 2.10. The molecule has 0 bridgehead atoms. The van der Waals surface area contributed by atoms with Gasteiger partial charge in [0, 0.05) is 0 Å². The fourth-order valence-electron chi connectivity index (χ4n) is 2.34. The molecule has 22 heavy (non-hydrogen) atoms. The number of nitrogens with one attached hydrogen (secondary N) is 1. The largest absolute Gasteiger partial charge is 0.467 e. The van der Waals surface area contributed by atoms with Gasteiger partial charge in [-0.15, -0.1) is 0 Å². The average Bonchev–Trinajstić information content (AvgIpc) is 2.47. The van der Waals surface area contributed by atoms with E-state index in [9.17, 15) is 14.7 Å². The topological polar surface area (TPSA) is 75.6 Å². The summed E-state index contributed by atoms with van der Waals surface area (Å²) in [7, 11) is 1.31. The van der Waals surface area contributed by atoms with Gasteiger partial charge in [0.15, 0.2) is 0 Å². The Hall–Kier alpha value is -1.10. The van der Waals surface area contributed by atoms with Crippen LogP contribution in [-0.4, -0.2) is 36.2 Å². The van der Waals surface area contributed by atoms with Crippen LogP contribution in [0.1, 0.15) is 72.1 Å². The van der Waals surface area contributed by atoms with Crippen LogP contribution in [0.4, 0.5) is 0 Å². The molecule has 130 valence electrons. The summed E-state index contributed by atoms with van der Waals surface area (Å²) in [5.74, 6) is -0.718. The van der Waals surface area contributed by atoms with Crippen molar-refractivity contribution < 1.29 is 19.4 Å². The summed E-state index contributed by atoms with van der Waals surface area (Å²) in [6.45, 7) is 6.04. The van der Waals surface area contributed by atoms with E-state index in [0.29, 0.717) is 12.8 Å². The van der Waals surface area contributed by atoms with Crippen molar-refractivity contribution in [3.63, 3.8) is 0 Å². The summed E-state index contributed by atoms with van der Waals surface area (Å²) >= 11 is 0. The summed E-state index contributed by atoms with van der Waals surface area (Å²) in [5.41, 5.74) is 0. The first-order valence-corrected chi connectivity index (χ1v) is 8.48. The molecule has 1 amide bonds. The lowest BCUT2D eigenvalue weighted by atomic mass is 10.0. The number of carbonyl (C=O) groups is 2. The molecule has 2 atom stereocenters. The van der Waals surface area contributed by atoms with Crippen molar-refractivity contribution in [3.8, 4) is 0 Å². The van der Waals surface area contributed by atoms with Crippen molar-refractivity contribution in [1.82, 2.24) is 5.32 Å². The number of amides is 1. The quantitative estimate of drug-likeness (QED) is 0.429. The van der Waals surface area contributed by atoms with Gasteiger partial charge in [-0.05, 0) is 18.8 Å². The van der Waals surface area contributed by atoms with E-state index in [0.717, 1.165) is 19.3 Å². The summed E-state index contributed by atoms with van der Waals surface area (Å²) < 4.78 is 4.73. The first-order valence-electron chi connectivity index (χ1n) is 8.48. The second-order valence-electron chi connectivity index (χ2n) is 6.29. The molecule has 0 aliphatic carbocycles. The highest BCUT2D eigenvalue weighted by atomic mass is 16.5. The Bertz CT molecular complexity index is 318. The lowest BCUT2D eigenvalue weighted by Crippen LogP contribution is -2.46. The van der Waals surface area contributed by atoms with Crippen LogP contribution in [0, 0.1) is 5.92 Å². The van der Waals surface area contributed by atoms with E-state index in [-0.39, 0.29) is 5.92 Å². The van der Waals surface area contributed by atoms with Crippen molar-refractivity contribution in [2.75, 3.05) is 7.11 Å². The predicted octanol–water partition coefficient (Wildman–Crippen LogP) is 2.80. The van der Waals surface area contributed by atoms with Crippen LogP contribution in [0.2, 0.25) is 0 Å². The van der Waals surface area contributed by atoms with Crippen LogP contribution in [-0.2, 0) is 14.3 Å². The van der Waals surface area contributed by atoms with Crippen molar-refractivity contribution in [3.05, 3.63) is 0 Å². The number of aliphatic hydroxyl groups excluding tert-OH is 1. The van der Waals surface area contributed by atoms with Crippen LogP contribution >= 0.6 is 0 Å². The van der Waals surface area contributed by atoms with E-state index in [1.807, 2.05) is 13.8 Å². The maximum Gasteiger partial charge on any atom is 0.328 e. The Kier molecular flexibility index (Phi) is 11.8. The minimum absolute atomic E-state index is 0.218. The number of esters is 1. The molecule has 0 heterocycles. The summed E-state index contributed by atoms with van der Waals surface area (Å²) in [6, 6.07) is -0.662. The fourth-order valence-corrected chi connectivity index (χ4v) is 2.34. The molecule has 0 saturated heterocycles.